The minimum Gasteiger partial charge on any atom is -0.480 e. The van der Waals surface area contributed by atoms with Crippen LogP contribution in [0.15, 0.2) is 0 Å². The number of carbonyl (C=O) groups is 2. The van der Waals surface area contributed by atoms with Gasteiger partial charge in [-0.05, 0) is 24.7 Å². The summed E-state index contributed by atoms with van der Waals surface area (Å²) in [4.78, 5) is 22.8. The Morgan fingerprint density at radius 2 is 1.83 bits per heavy atom. The van der Waals surface area contributed by atoms with Crippen molar-refractivity contribution in [3.05, 3.63) is 0 Å². The van der Waals surface area contributed by atoms with Gasteiger partial charge in [0.2, 0.25) is 0 Å². The van der Waals surface area contributed by atoms with E-state index in [9.17, 15) is 9.59 Å². The quantitative estimate of drug-likeness (QED) is 0.719. The molecule has 3 unspecified atom stereocenters. The topological polar surface area (TPSA) is 78.4 Å². The van der Waals surface area contributed by atoms with Gasteiger partial charge in [0.05, 0.1) is 0 Å². The van der Waals surface area contributed by atoms with Crippen LogP contribution in [0.25, 0.3) is 0 Å². The molecule has 104 valence electrons. The van der Waals surface area contributed by atoms with E-state index in [2.05, 4.69) is 17.6 Å². The summed E-state index contributed by atoms with van der Waals surface area (Å²) in [5.74, 6) is -0.652. The highest BCUT2D eigenvalue weighted by molar-refractivity contribution is 5.82. The fourth-order valence-corrected chi connectivity index (χ4v) is 2.40. The van der Waals surface area contributed by atoms with Gasteiger partial charge in [0, 0.05) is 6.04 Å². The van der Waals surface area contributed by atoms with Gasteiger partial charge >= 0.3 is 12.0 Å². The molecular formula is C13H24N2O3. The maximum Gasteiger partial charge on any atom is 0.326 e. The van der Waals surface area contributed by atoms with Crippen molar-refractivity contribution in [2.75, 3.05) is 0 Å². The number of carboxylic acid groups (broad SMARTS) is 1. The molecule has 18 heavy (non-hydrogen) atoms. The standard InChI is InChI=1S/C13H24N2O3/c1-8(2)11(12(16)17)15-13(18)14-10-7-5-4-6-9(10)3/h8-11H,4-7H2,1-3H3,(H,16,17)(H2,14,15,18). The largest absolute Gasteiger partial charge is 0.480 e. The SMILES string of the molecule is CC(C)C(NC(=O)NC1CCCCC1C)C(=O)O. The number of hydrogen-bond acceptors (Lipinski definition) is 2. The van der Waals surface area contributed by atoms with Crippen LogP contribution in [-0.2, 0) is 4.79 Å². The molecule has 3 atom stereocenters. The maximum atomic E-state index is 11.8. The second kappa shape index (κ2) is 6.61. The summed E-state index contributed by atoms with van der Waals surface area (Å²) in [6.45, 7) is 5.69. The second-order valence-electron chi connectivity index (χ2n) is 5.55. The predicted octanol–water partition coefficient (Wildman–Crippen LogP) is 1.97. The third-order valence-corrected chi connectivity index (χ3v) is 3.65. The van der Waals surface area contributed by atoms with E-state index in [0.717, 1.165) is 19.3 Å². The molecule has 0 radical (unpaired) electrons. The Morgan fingerprint density at radius 3 is 2.33 bits per heavy atom. The zero-order valence-electron chi connectivity index (χ0n) is 11.4. The predicted molar refractivity (Wildman–Crippen MR) is 69.3 cm³/mol. The molecule has 0 aromatic heterocycles. The van der Waals surface area contributed by atoms with Crippen LogP contribution in [0.2, 0.25) is 0 Å². The first-order chi connectivity index (χ1) is 8.41. The molecule has 0 aromatic carbocycles. The molecule has 0 aromatic rings. The van der Waals surface area contributed by atoms with E-state index in [0.29, 0.717) is 5.92 Å². The third-order valence-electron chi connectivity index (χ3n) is 3.65. The van der Waals surface area contributed by atoms with Gasteiger partial charge in [0.25, 0.3) is 0 Å². The molecule has 0 spiro atoms. The van der Waals surface area contributed by atoms with Crippen LogP contribution < -0.4 is 10.6 Å². The number of hydrogen-bond donors (Lipinski definition) is 3. The van der Waals surface area contributed by atoms with Gasteiger partial charge in [-0.15, -0.1) is 0 Å². The molecular weight excluding hydrogens is 232 g/mol. The van der Waals surface area contributed by atoms with Crippen LogP contribution in [0, 0.1) is 11.8 Å². The Hall–Kier alpha value is -1.26. The van der Waals surface area contributed by atoms with E-state index in [4.69, 9.17) is 5.11 Å². The molecule has 5 heteroatoms. The van der Waals surface area contributed by atoms with Gasteiger partial charge in [-0.1, -0.05) is 33.6 Å². The fourth-order valence-electron chi connectivity index (χ4n) is 2.40. The van der Waals surface area contributed by atoms with Crippen LogP contribution >= 0.6 is 0 Å². The molecule has 5 nitrogen and oxygen atoms in total. The van der Waals surface area contributed by atoms with Gasteiger partial charge in [0.1, 0.15) is 6.04 Å². The molecule has 1 saturated carbocycles. The zero-order chi connectivity index (χ0) is 13.7. The summed E-state index contributed by atoms with van der Waals surface area (Å²) < 4.78 is 0. The van der Waals surface area contributed by atoms with E-state index < -0.39 is 12.0 Å². The highest BCUT2D eigenvalue weighted by Gasteiger charge is 2.26. The number of aliphatic carboxylic acids is 1. The van der Waals surface area contributed by atoms with Crippen molar-refractivity contribution < 1.29 is 14.7 Å². The maximum absolute atomic E-state index is 11.8. The summed E-state index contributed by atoms with van der Waals surface area (Å²) in [6.07, 6.45) is 4.44. The van der Waals surface area contributed by atoms with E-state index in [-0.39, 0.29) is 18.0 Å². The lowest BCUT2D eigenvalue weighted by atomic mass is 9.86. The number of amides is 2. The molecule has 3 N–H and O–H groups in total. The van der Waals surface area contributed by atoms with E-state index in [1.165, 1.54) is 6.42 Å². The van der Waals surface area contributed by atoms with E-state index in [1.807, 2.05) is 0 Å². The fraction of sp³-hybridized carbons (Fsp3) is 0.846. The van der Waals surface area contributed by atoms with E-state index in [1.54, 1.807) is 13.8 Å². The van der Waals surface area contributed by atoms with Gasteiger partial charge in [0.15, 0.2) is 0 Å². The first kappa shape index (κ1) is 14.8. The molecule has 0 saturated heterocycles. The highest BCUT2D eigenvalue weighted by atomic mass is 16.4. The number of carbonyl (C=O) groups excluding carboxylic acids is 1. The van der Waals surface area contributed by atoms with Crippen molar-refractivity contribution in [1.29, 1.82) is 0 Å². The molecule has 1 aliphatic carbocycles. The Morgan fingerprint density at radius 1 is 1.22 bits per heavy atom. The van der Waals surface area contributed by atoms with E-state index >= 15 is 0 Å². The van der Waals surface area contributed by atoms with Crippen molar-refractivity contribution >= 4 is 12.0 Å². The van der Waals surface area contributed by atoms with Crippen molar-refractivity contribution in [2.45, 2.75) is 58.5 Å². The van der Waals surface area contributed by atoms with Crippen molar-refractivity contribution in [3.8, 4) is 0 Å². The van der Waals surface area contributed by atoms with Crippen LogP contribution in [0.1, 0.15) is 46.5 Å². The number of carboxylic acids is 1. The Balaban J connectivity index is 2.47. The van der Waals surface area contributed by atoms with Gasteiger partial charge in [-0.3, -0.25) is 0 Å². The van der Waals surface area contributed by atoms with Gasteiger partial charge in [-0.2, -0.15) is 0 Å². The van der Waals surface area contributed by atoms with Crippen molar-refractivity contribution in [3.63, 3.8) is 0 Å². The van der Waals surface area contributed by atoms with Gasteiger partial charge < -0.3 is 15.7 Å². The molecule has 1 fully saturated rings. The molecule has 0 bridgehead atoms. The van der Waals surface area contributed by atoms with Crippen molar-refractivity contribution in [2.24, 2.45) is 11.8 Å². The lowest BCUT2D eigenvalue weighted by molar-refractivity contribution is -0.140. The van der Waals surface area contributed by atoms with Crippen LogP contribution in [0.3, 0.4) is 0 Å². The average Bonchev–Trinajstić information content (AvgIpc) is 2.28. The lowest BCUT2D eigenvalue weighted by Crippen LogP contribution is -2.52. The molecule has 1 rings (SSSR count). The molecule has 0 aliphatic heterocycles. The number of rotatable bonds is 4. The minimum absolute atomic E-state index is 0.128. The number of nitrogens with one attached hydrogen (secondary N) is 2. The Bertz CT molecular complexity index is 305. The second-order valence-corrected chi connectivity index (χ2v) is 5.55. The van der Waals surface area contributed by atoms with Crippen LogP contribution in [0.4, 0.5) is 4.79 Å². The van der Waals surface area contributed by atoms with Crippen molar-refractivity contribution in [1.82, 2.24) is 10.6 Å². The van der Waals surface area contributed by atoms with Gasteiger partial charge in [-0.25, -0.2) is 9.59 Å². The summed E-state index contributed by atoms with van der Waals surface area (Å²) in [6, 6.07) is -1.03. The minimum atomic E-state index is -0.989. The third kappa shape index (κ3) is 4.20. The Kier molecular flexibility index (Phi) is 5.44. The summed E-state index contributed by atoms with van der Waals surface area (Å²) in [5, 5.41) is 14.4. The first-order valence-corrected chi connectivity index (χ1v) is 6.71. The summed E-state index contributed by atoms with van der Waals surface area (Å²) in [5.41, 5.74) is 0. The normalized spacial score (nSPS) is 25.6. The summed E-state index contributed by atoms with van der Waals surface area (Å²) >= 11 is 0. The summed E-state index contributed by atoms with van der Waals surface area (Å²) in [7, 11) is 0. The van der Waals surface area contributed by atoms with Crippen LogP contribution in [-0.4, -0.2) is 29.2 Å². The molecule has 1 aliphatic rings. The Labute approximate surface area is 108 Å². The first-order valence-electron chi connectivity index (χ1n) is 6.71. The monoisotopic (exact) mass is 256 g/mol. The zero-order valence-corrected chi connectivity index (χ0v) is 11.4. The van der Waals surface area contributed by atoms with Crippen LogP contribution in [0.5, 0.6) is 0 Å². The molecule has 0 heterocycles. The lowest BCUT2D eigenvalue weighted by Gasteiger charge is -2.30. The smallest absolute Gasteiger partial charge is 0.326 e. The number of urea groups is 1. The average molecular weight is 256 g/mol. The molecule has 2 amide bonds. The highest BCUT2D eigenvalue weighted by Crippen LogP contribution is 2.23.